The average molecular weight is 486 g/mol. The summed E-state index contributed by atoms with van der Waals surface area (Å²) in [6, 6.07) is 11.3. The summed E-state index contributed by atoms with van der Waals surface area (Å²) in [6.07, 6.45) is 0.342. The maximum Gasteiger partial charge on any atom is 0.303 e. The highest BCUT2D eigenvalue weighted by molar-refractivity contribution is 7.99. The third-order valence-electron chi connectivity index (χ3n) is 4.98. The minimum atomic E-state index is -1.02. The predicted octanol–water partition coefficient (Wildman–Crippen LogP) is 3.74. The molecule has 178 valence electrons. The van der Waals surface area contributed by atoms with Crippen molar-refractivity contribution in [1.29, 1.82) is 0 Å². The molecule has 1 saturated heterocycles. The van der Waals surface area contributed by atoms with Crippen LogP contribution in [0.1, 0.15) is 20.8 Å². The number of furan rings is 1. The maximum absolute atomic E-state index is 11.8. The van der Waals surface area contributed by atoms with E-state index in [0.29, 0.717) is 17.1 Å². The van der Waals surface area contributed by atoms with E-state index in [1.54, 1.807) is 12.3 Å². The van der Waals surface area contributed by atoms with Gasteiger partial charge >= 0.3 is 17.9 Å². The van der Waals surface area contributed by atoms with E-state index in [0.717, 1.165) is 11.0 Å². The van der Waals surface area contributed by atoms with Crippen molar-refractivity contribution in [2.45, 2.75) is 44.5 Å². The van der Waals surface area contributed by atoms with Gasteiger partial charge in [0, 0.05) is 43.7 Å². The number of benzene rings is 1. The number of rotatable bonds is 6. The third kappa shape index (κ3) is 5.51. The van der Waals surface area contributed by atoms with E-state index in [2.05, 4.69) is 4.98 Å². The summed E-state index contributed by atoms with van der Waals surface area (Å²) in [5.74, 6) is -0.421. The Balaban J connectivity index is 1.59. The van der Waals surface area contributed by atoms with E-state index in [-0.39, 0.29) is 5.75 Å². The number of nitrogens with zero attached hydrogens (tertiary/aromatic N) is 1. The maximum atomic E-state index is 11.8. The fourth-order valence-electron chi connectivity index (χ4n) is 3.69. The highest BCUT2D eigenvalue weighted by Crippen LogP contribution is 2.35. The van der Waals surface area contributed by atoms with Crippen molar-refractivity contribution >= 4 is 40.6 Å². The van der Waals surface area contributed by atoms with Gasteiger partial charge in [-0.1, -0.05) is 18.2 Å². The Hall–Kier alpha value is -3.53. The fraction of sp³-hybridized carbons (Fsp3) is 0.333. The van der Waals surface area contributed by atoms with Crippen LogP contribution < -0.4 is 4.74 Å². The lowest BCUT2D eigenvalue weighted by Gasteiger charge is -2.39. The van der Waals surface area contributed by atoms with Crippen molar-refractivity contribution in [3.63, 3.8) is 0 Å². The van der Waals surface area contributed by atoms with E-state index >= 15 is 0 Å². The van der Waals surface area contributed by atoms with Gasteiger partial charge in [0.05, 0.1) is 6.20 Å². The van der Waals surface area contributed by atoms with Crippen molar-refractivity contribution < 1.29 is 37.7 Å². The van der Waals surface area contributed by atoms with Crippen LogP contribution in [0.25, 0.3) is 22.3 Å². The minimum Gasteiger partial charge on any atom is -0.474 e. The Kier molecular flexibility index (Phi) is 7.06. The first-order chi connectivity index (χ1) is 16.3. The number of carbonyl (C=O) groups is 3. The molecule has 2 aromatic heterocycles. The number of ether oxygens (including phenoxy) is 4. The molecule has 0 spiro atoms. The van der Waals surface area contributed by atoms with Gasteiger partial charge in [-0.15, -0.1) is 11.8 Å². The normalized spacial score (nSPS) is 22.1. The Bertz CT molecular complexity index is 1180. The molecule has 1 aromatic carbocycles. The number of para-hydroxylation sites is 1. The molecule has 10 heteroatoms. The molecule has 3 heterocycles. The topological polar surface area (TPSA) is 114 Å². The van der Waals surface area contributed by atoms with Crippen LogP contribution in [-0.4, -0.2) is 52.4 Å². The smallest absolute Gasteiger partial charge is 0.303 e. The zero-order chi connectivity index (χ0) is 24.2. The van der Waals surface area contributed by atoms with Gasteiger partial charge in [0.25, 0.3) is 0 Å². The second-order valence-corrected chi connectivity index (χ2v) is 8.80. The summed E-state index contributed by atoms with van der Waals surface area (Å²) in [5, 5.41) is 0.960. The van der Waals surface area contributed by atoms with Gasteiger partial charge < -0.3 is 23.4 Å². The summed E-state index contributed by atoms with van der Waals surface area (Å²) in [5.41, 5.74) is 0.711. The summed E-state index contributed by atoms with van der Waals surface area (Å²) >= 11 is 1.28. The zero-order valence-corrected chi connectivity index (χ0v) is 19.6. The van der Waals surface area contributed by atoms with Gasteiger partial charge in [-0.05, 0) is 18.2 Å². The van der Waals surface area contributed by atoms with Crippen LogP contribution in [-0.2, 0) is 28.6 Å². The quantitative estimate of drug-likeness (QED) is 0.378. The van der Waals surface area contributed by atoms with Crippen molar-refractivity contribution in [2.24, 2.45) is 0 Å². The molecule has 3 aromatic rings. The molecule has 34 heavy (non-hydrogen) atoms. The van der Waals surface area contributed by atoms with Gasteiger partial charge in [0.1, 0.15) is 17.1 Å². The summed E-state index contributed by atoms with van der Waals surface area (Å²) < 4.78 is 28.2. The lowest BCUT2D eigenvalue weighted by molar-refractivity contribution is -0.186. The molecular formula is C24H23NO8S. The number of pyridine rings is 1. The van der Waals surface area contributed by atoms with Gasteiger partial charge in [-0.25, -0.2) is 0 Å². The van der Waals surface area contributed by atoms with Gasteiger partial charge in [0.15, 0.2) is 23.7 Å². The molecule has 1 fully saturated rings. The molecule has 4 atom stereocenters. The summed E-state index contributed by atoms with van der Waals surface area (Å²) in [4.78, 5) is 39.4. The van der Waals surface area contributed by atoms with Crippen LogP contribution in [0.4, 0.5) is 0 Å². The molecule has 1 aliphatic heterocycles. The number of thioether (sulfide) groups is 1. The number of aromatic nitrogens is 1. The molecule has 0 bridgehead atoms. The van der Waals surface area contributed by atoms with Gasteiger partial charge in [0.2, 0.25) is 0 Å². The second kappa shape index (κ2) is 10.2. The van der Waals surface area contributed by atoms with Crippen molar-refractivity contribution in [3.8, 4) is 17.1 Å². The Morgan fingerprint density at radius 2 is 1.65 bits per heavy atom. The first kappa shape index (κ1) is 23.6. The highest BCUT2D eigenvalue weighted by atomic mass is 32.2. The minimum absolute atomic E-state index is 0.274. The predicted molar refractivity (Wildman–Crippen MR) is 123 cm³/mol. The van der Waals surface area contributed by atoms with Crippen LogP contribution in [0.5, 0.6) is 5.75 Å². The lowest BCUT2D eigenvalue weighted by Crippen LogP contribution is -2.55. The van der Waals surface area contributed by atoms with Gasteiger partial charge in [-0.2, -0.15) is 0 Å². The standard InChI is InChI=1S/C24H23NO8S/c1-13(26)29-21-12-34-24(23(31-15(3)28)22(21)30-14(2)27)32-18-8-17(10-25-11-18)20-9-16-6-4-5-7-19(16)33-20/h4-11,21-24H,12H2,1-3H3/t21-,22+,23-,24?/m1/s1. The average Bonchev–Trinajstić information content (AvgIpc) is 3.21. The molecule has 1 aliphatic rings. The van der Waals surface area contributed by atoms with Gasteiger partial charge in [-0.3, -0.25) is 19.4 Å². The van der Waals surface area contributed by atoms with E-state index in [4.69, 9.17) is 23.4 Å². The largest absolute Gasteiger partial charge is 0.474 e. The van der Waals surface area contributed by atoms with Crippen molar-refractivity contribution in [2.75, 3.05) is 5.75 Å². The van der Waals surface area contributed by atoms with Crippen LogP contribution in [0.3, 0.4) is 0 Å². The van der Waals surface area contributed by atoms with Crippen molar-refractivity contribution in [3.05, 3.63) is 48.8 Å². The van der Waals surface area contributed by atoms with Crippen LogP contribution in [0, 0.1) is 0 Å². The highest BCUT2D eigenvalue weighted by Gasteiger charge is 2.47. The molecule has 9 nitrogen and oxygen atoms in total. The summed E-state index contributed by atoms with van der Waals surface area (Å²) in [7, 11) is 0. The Labute approximate surface area is 199 Å². The fourth-order valence-corrected chi connectivity index (χ4v) is 4.90. The number of esters is 3. The molecule has 0 saturated carbocycles. The molecule has 1 unspecified atom stereocenters. The zero-order valence-electron chi connectivity index (χ0n) is 18.8. The van der Waals surface area contributed by atoms with E-state index in [9.17, 15) is 14.4 Å². The van der Waals surface area contributed by atoms with E-state index < -0.39 is 41.7 Å². The Morgan fingerprint density at radius 1 is 0.941 bits per heavy atom. The molecule has 0 radical (unpaired) electrons. The van der Waals surface area contributed by atoms with E-state index in [1.165, 1.54) is 38.7 Å². The number of hydrogen-bond donors (Lipinski definition) is 0. The molecule has 0 amide bonds. The first-order valence-corrected chi connectivity index (χ1v) is 11.6. The molecule has 0 N–H and O–H groups in total. The Morgan fingerprint density at radius 3 is 2.35 bits per heavy atom. The number of fused-ring (bicyclic) bond motifs is 1. The third-order valence-corrected chi connectivity index (χ3v) is 6.19. The van der Waals surface area contributed by atoms with E-state index in [1.807, 2.05) is 30.3 Å². The number of hydrogen-bond acceptors (Lipinski definition) is 10. The number of carbonyl (C=O) groups excluding carboxylic acids is 3. The lowest BCUT2D eigenvalue weighted by atomic mass is 10.1. The molecular weight excluding hydrogens is 462 g/mol. The molecule has 4 rings (SSSR count). The monoisotopic (exact) mass is 485 g/mol. The van der Waals surface area contributed by atoms with Crippen LogP contribution in [0.15, 0.2) is 53.2 Å². The summed E-state index contributed by atoms with van der Waals surface area (Å²) in [6.45, 7) is 3.73. The molecule has 0 aliphatic carbocycles. The first-order valence-electron chi connectivity index (χ1n) is 10.5. The van der Waals surface area contributed by atoms with Crippen LogP contribution in [0.2, 0.25) is 0 Å². The second-order valence-electron chi connectivity index (χ2n) is 7.67. The van der Waals surface area contributed by atoms with Crippen LogP contribution >= 0.6 is 11.8 Å². The SMILES string of the molecule is CC(=O)O[C@H]1[C@H](OC(C)=O)CSC(Oc2cncc(-c3cc4ccccc4o3)c2)[C@@H]1OC(C)=O. The van der Waals surface area contributed by atoms with Crippen molar-refractivity contribution in [1.82, 2.24) is 4.98 Å².